The van der Waals surface area contributed by atoms with Gasteiger partial charge in [-0.15, -0.1) is 0 Å². The fraction of sp³-hybridized carbons (Fsp3) is 0.333. The van der Waals surface area contributed by atoms with Crippen molar-refractivity contribution in [2.75, 3.05) is 13.1 Å². The van der Waals surface area contributed by atoms with Gasteiger partial charge in [0.05, 0.1) is 18.3 Å². The molecule has 1 aliphatic rings. The van der Waals surface area contributed by atoms with Crippen molar-refractivity contribution >= 4 is 5.91 Å². The lowest BCUT2D eigenvalue weighted by Crippen LogP contribution is -2.31. The van der Waals surface area contributed by atoms with E-state index in [9.17, 15) is 18.0 Å². The zero-order valence-corrected chi connectivity index (χ0v) is 12.4. The monoisotopic (exact) mass is 338 g/mol. The highest BCUT2D eigenvalue weighted by atomic mass is 19.4. The van der Waals surface area contributed by atoms with Gasteiger partial charge in [0.15, 0.2) is 0 Å². The molecule has 1 aliphatic heterocycles. The van der Waals surface area contributed by atoms with Gasteiger partial charge in [0.25, 0.3) is 5.91 Å². The molecule has 0 unspecified atom stereocenters. The molecule has 6 nitrogen and oxygen atoms in total. The minimum absolute atomic E-state index is 0.114. The lowest BCUT2D eigenvalue weighted by atomic mass is 10.2. The topological polar surface area (TPSA) is 68.2 Å². The van der Waals surface area contributed by atoms with Crippen LogP contribution in [0, 0.1) is 0 Å². The first-order valence-electron chi connectivity index (χ1n) is 7.18. The lowest BCUT2D eigenvalue weighted by Gasteiger charge is -2.17. The predicted octanol–water partition coefficient (Wildman–Crippen LogP) is 2.18. The van der Waals surface area contributed by atoms with Gasteiger partial charge in [0, 0.05) is 31.6 Å². The average molecular weight is 338 g/mol. The Kier molecular flexibility index (Phi) is 4.32. The average Bonchev–Trinajstić information content (AvgIpc) is 3.03. The lowest BCUT2D eigenvalue weighted by molar-refractivity contribution is -0.141. The number of hydrogen-bond donors (Lipinski definition) is 0. The maximum atomic E-state index is 12.5. The molecule has 3 rings (SSSR count). The van der Waals surface area contributed by atoms with E-state index >= 15 is 0 Å². The maximum Gasteiger partial charge on any atom is 0.433 e. The summed E-state index contributed by atoms with van der Waals surface area (Å²) in [6, 6.07) is 1.94. The molecule has 2 aromatic heterocycles. The van der Waals surface area contributed by atoms with Gasteiger partial charge in [0.1, 0.15) is 11.8 Å². The molecule has 0 N–H and O–H groups in total. The number of hydrogen-bond acceptors (Lipinski definition) is 5. The molecule has 24 heavy (non-hydrogen) atoms. The van der Waals surface area contributed by atoms with Crippen molar-refractivity contribution in [3.63, 3.8) is 0 Å². The van der Waals surface area contributed by atoms with Gasteiger partial charge in [-0.1, -0.05) is 0 Å². The second-order valence-electron chi connectivity index (χ2n) is 5.25. The molecule has 1 fully saturated rings. The number of halogens is 3. The zero-order chi connectivity index (χ0) is 17.2. The van der Waals surface area contributed by atoms with Gasteiger partial charge in [0.2, 0.25) is 5.88 Å². The van der Waals surface area contributed by atoms with Crippen LogP contribution in [0.5, 0.6) is 5.88 Å². The first-order chi connectivity index (χ1) is 11.4. The zero-order valence-electron chi connectivity index (χ0n) is 12.4. The standard InChI is InChI=1S/C15H13F3N4O2/c16-15(17,18)12-2-1-10(7-21-12)14(23)22-6-3-11(9-22)24-13-8-19-4-5-20-13/h1-2,4-5,7-8,11H,3,6,9H2/t11-/m1/s1. The van der Waals surface area contributed by atoms with Crippen LogP contribution in [-0.2, 0) is 6.18 Å². The number of carbonyl (C=O) groups excluding carboxylic acids is 1. The van der Waals surface area contributed by atoms with Gasteiger partial charge in [-0.05, 0) is 12.1 Å². The Bertz CT molecular complexity index is 707. The van der Waals surface area contributed by atoms with E-state index < -0.39 is 11.9 Å². The molecule has 3 heterocycles. The third kappa shape index (κ3) is 3.61. The van der Waals surface area contributed by atoms with Crippen LogP contribution in [0.4, 0.5) is 13.2 Å². The summed E-state index contributed by atoms with van der Waals surface area (Å²) >= 11 is 0. The van der Waals surface area contributed by atoms with Gasteiger partial charge in [-0.25, -0.2) is 4.98 Å². The number of rotatable bonds is 3. The molecule has 126 valence electrons. The third-order valence-corrected chi connectivity index (χ3v) is 3.56. The molecule has 0 aromatic carbocycles. The van der Waals surface area contributed by atoms with Gasteiger partial charge in [-0.2, -0.15) is 13.2 Å². The summed E-state index contributed by atoms with van der Waals surface area (Å²) in [7, 11) is 0. The molecule has 0 saturated carbocycles. The quantitative estimate of drug-likeness (QED) is 0.858. The largest absolute Gasteiger partial charge is 0.471 e. The van der Waals surface area contributed by atoms with Crippen LogP contribution >= 0.6 is 0 Å². The van der Waals surface area contributed by atoms with Crippen LogP contribution in [0.25, 0.3) is 0 Å². The van der Waals surface area contributed by atoms with Crippen LogP contribution in [-0.4, -0.2) is 45.0 Å². The van der Waals surface area contributed by atoms with Crippen LogP contribution in [0.3, 0.4) is 0 Å². The summed E-state index contributed by atoms with van der Waals surface area (Å²) in [6.07, 6.45) is 1.30. The molecule has 1 saturated heterocycles. The molecule has 0 radical (unpaired) electrons. The van der Waals surface area contributed by atoms with E-state index in [4.69, 9.17) is 4.74 Å². The Labute approximate surface area is 135 Å². The summed E-state index contributed by atoms with van der Waals surface area (Å²) < 4.78 is 43.1. The van der Waals surface area contributed by atoms with Crippen molar-refractivity contribution in [3.8, 4) is 5.88 Å². The molecule has 1 amide bonds. The fourth-order valence-electron chi connectivity index (χ4n) is 2.40. The van der Waals surface area contributed by atoms with Gasteiger partial charge >= 0.3 is 6.18 Å². The summed E-state index contributed by atoms with van der Waals surface area (Å²) in [5.41, 5.74) is -0.910. The summed E-state index contributed by atoms with van der Waals surface area (Å²) in [6.45, 7) is 0.779. The summed E-state index contributed by atoms with van der Waals surface area (Å²) in [5.74, 6) is -0.00512. The van der Waals surface area contributed by atoms with Crippen molar-refractivity contribution < 1.29 is 22.7 Å². The molecule has 0 aliphatic carbocycles. The Hall–Kier alpha value is -2.71. The third-order valence-electron chi connectivity index (χ3n) is 3.56. The Morgan fingerprint density at radius 3 is 2.67 bits per heavy atom. The number of aromatic nitrogens is 3. The molecular formula is C15H13F3N4O2. The van der Waals surface area contributed by atoms with E-state index in [-0.39, 0.29) is 17.6 Å². The highest BCUT2D eigenvalue weighted by Crippen LogP contribution is 2.27. The number of nitrogens with zero attached hydrogens (tertiary/aromatic N) is 4. The highest BCUT2D eigenvalue weighted by molar-refractivity contribution is 5.94. The summed E-state index contributed by atoms with van der Waals surface area (Å²) in [4.78, 5) is 25.0. The van der Waals surface area contributed by atoms with Crippen molar-refractivity contribution in [1.82, 2.24) is 19.9 Å². The van der Waals surface area contributed by atoms with E-state index in [1.54, 1.807) is 0 Å². The number of alkyl halides is 3. The minimum Gasteiger partial charge on any atom is -0.471 e. The SMILES string of the molecule is O=C(c1ccc(C(F)(F)F)nc1)N1CC[C@@H](Oc2cnccn2)C1. The second-order valence-corrected chi connectivity index (χ2v) is 5.25. The molecule has 0 spiro atoms. The highest BCUT2D eigenvalue weighted by Gasteiger charge is 2.33. The van der Waals surface area contributed by atoms with Crippen molar-refractivity contribution in [2.45, 2.75) is 18.7 Å². The van der Waals surface area contributed by atoms with Gasteiger partial charge < -0.3 is 9.64 Å². The smallest absolute Gasteiger partial charge is 0.433 e. The Morgan fingerprint density at radius 2 is 2.04 bits per heavy atom. The van der Waals surface area contributed by atoms with E-state index in [2.05, 4.69) is 15.0 Å². The van der Waals surface area contributed by atoms with Gasteiger partial charge in [-0.3, -0.25) is 14.8 Å². The fourth-order valence-corrected chi connectivity index (χ4v) is 2.40. The van der Waals surface area contributed by atoms with E-state index in [1.165, 1.54) is 23.5 Å². The Morgan fingerprint density at radius 1 is 1.21 bits per heavy atom. The first-order valence-corrected chi connectivity index (χ1v) is 7.18. The van der Waals surface area contributed by atoms with E-state index in [1.807, 2.05) is 0 Å². The van der Waals surface area contributed by atoms with Crippen molar-refractivity contribution in [2.24, 2.45) is 0 Å². The first kappa shape index (κ1) is 16.2. The molecule has 2 aromatic rings. The molecule has 0 bridgehead atoms. The molecule has 9 heteroatoms. The predicted molar refractivity (Wildman–Crippen MR) is 76.2 cm³/mol. The van der Waals surface area contributed by atoms with E-state index in [0.717, 1.165) is 18.3 Å². The van der Waals surface area contributed by atoms with Crippen LogP contribution in [0.2, 0.25) is 0 Å². The number of ether oxygens (including phenoxy) is 1. The minimum atomic E-state index is -4.52. The number of carbonyl (C=O) groups is 1. The molecular weight excluding hydrogens is 325 g/mol. The number of amides is 1. The maximum absolute atomic E-state index is 12.5. The van der Waals surface area contributed by atoms with Crippen LogP contribution in [0.15, 0.2) is 36.9 Å². The Balaban J connectivity index is 1.62. The number of likely N-dealkylation sites (tertiary alicyclic amines) is 1. The van der Waals surface area contributed by atoms with Crippen LogP contribution < -0.4 is 4.74 Å². The van der Waals surface area contributed by atoms with Crippen molar-refractivity contribution in [1.29, 1.82) is 0 Å². The van der Waals surface area contributed by atoms with E-state index in [0.29, 0.717) is 25.4 Å². The normalized spacial score (nSPS) is 17.8. The number of pyridine rings is 1. The summed E-state index contributed by atoms with van der Waals surface area (Å²) in [5, 5.41) is 0. The second kappa shape index (κ2) is 6.42. The van der Waals surface area contributed by atoms with Crippen LogP contribution in [0.1, 0.15) is 22.5 Å². The molecule has 1 atom stereocenters. The van der Waals surface area contributed by atoms with Crippen molar-refractivity contribution in [3.05, 3.63) is 48.2 Å².